The minimum Gasteiger partial charge on any atom is -0.354 e. The average molecular weight is 474 g/mol. The van der Waals surface area contributed by atoms with Gasteiger partial charge in [-0.3, -0.25) is 0 Å². The van der Waals surface area contributed by atoms with E-state index in [1.807, 2.05) is 36.4 Å². The number of aromatic nitrogens is 3. The van der Waals surface area contributed by atoms with Crippen LogP contribution in [0.4, 0.5) is 0 Å². The zero-order chi connectivity index (χ0) is 24.6. The van der Waals surface area contributed by atoms with Crippen molar-refractivity contribution in [2.45, 2.75) is 0 Å². The molecule has 0 amide bonds. The largest absolute Gasteiger partial charge is 0.354 e. The van der Waals surface area contributed by atoms with E-state index in [1.54, 1.807) is 0 Å². The van der Waals surface area contributed by atoms with Crippen LogP contribution < -0.4 is 0 Å². The second-order valence-corrected chi connectivity index (χ2v) is 9.17. The van der Waals surface area contributed by atoms with Crippen LogP contribution in [0.1, 0.15) is 0 Å². The van der Waals surface area contributed by atoms with Crippen LogP contribution in [0.5, 0.6) is 0 Å². The fraction of sp³-hybridized carbons (Fsp3) is 0. The topological polar surface area (TPSA) is 41.6 Å². The van der Waals surface area contributed by atoms with Crippen LogP contribution in [-0.2, 0) is 0 Å². The molecule has 37 heavy (non-hydrogen) atoms. The van der Waals surface area contributed by atoms with Gasteiger partial charge in [0.2, 0.25) is 0 Å². The molecular formula is C34H23N3. The van der Waals surface area contributed by atoms with Crippen LogP contribution >= 0.6 is 0 Å². The summed E-state index contributed by atoms with van der Waals surface area (Å²) in [7, 11) is 0. The minimum atomic E-state index is 0.726. The molecule has 0 unspecified atom stereocenters. The van der Waals surface area contributed by atoms with Crippen molar-refractivity contribution in [3.05, 3.63) is 133 Å². The summed E-state index contributed by atoms with van der Waals surface area (Å²) < 4.78 is 0. The number of fused-ring (bicyclic) bond motifs is 3. The fourth-order valence-corrected chi connectivity index (χ4v) is 5.03. The fourth-order valence-electron chi connectivity index (χ4n) is 5.03. The second-order valence-electron chi connectivity index (χ2n) is 9.17. The zero-order valence-corrected chi connectivity index (χ0v) is 20.1. The maximum Gasteiger partial charge on any atom is 0.160 e. The predicted octanol–water partition coefficient (Wildman–Crippen LogP) is 8.78. The van der Waals surface area contributed by atoms with Crippen molar-refractivity contribution >= 4 is 21.8 Å². The van der Waals surface area contributed by atoms with Gasteiger partial charge in [0.25, 0.3) is 0 Å². The Balaban J connectivity index is 1.34. The van der Waals surface area contributed by atoms with E-state index in [0.29, 0.717) is 0 Å². The first-order valence-corrected chi connectivity index (χ1v) is 12.4. The Labute approximate surface area is 215 Å². The quantitative estimate of drug-likeness (QED) is 0.277. The van der Waals surface area contributed by atoms with Crippen molar-refractivity contribution in [3.8, 4) is 45.0 Å². The number of hydrogen-bond acceptors (Lipinski definition) is 2. The van der Waals surface area contributed by atoms with Gasteiger partial charge < -0.3 is 4.98 Å². The summed E-state index contributed by atoms with van der Waals surface area (Å²) in [5, 5.41) is 2.50. The standard InChI is InChI=1S/C34H23N3/c1-3-10-24(11-4-1)31-22-32(37-34(36-31)26-12-5-2-6-13-26)25-20-18-23(19-21-25)27-15-9-17-30-33(27)28-14-7-8-16-29(28)35-30/h1-22,35H. The Morgan fingerprint density at radius 1 is 0.432 bits per heavy atom. The highest BCUT2D eigenvalue weighted by Gasteiger charge is 2.13. The molecule has 7 aromatic rings. The van der Waals surface area contributed by atoms with E-state index in [2.05, 4.69) is 102 Å². The van der Waals surface area contributed by atoms with E-state index in [-0.39, 0.29) is 0 Å². The van der Waals surface area contributed by atoms with Gasteiger partial charge in [0, 0.05) is 38.5 Å². The summed E-state index contributed by atoms with van der Waals surface area (Å²) in [4.78, 5) is 13.4. The molecule has 2 heterocycles. The van der Waals surface area contributed by atoms with E-state index < -0.39 is 0 Å². The summed E-state index contributed by atoms with van der Waals surface area (Å²) in [6.45, 7) is 0. The van der Waals surface area contributed by atoms with E-state index in [1.165, 1.54) is 21.9 Å². The van der Waals surface area contributed by atoms with Crippen LogP contribution in [0.3, 0.4) is 0 Å². The Morgan fingerprint density at radius 2 is 1.00 bits per heavy atom. The normalized spacial score (nSPS) is 11.2. The van der Waals surface area contributed by atoms with Crippen molar-refractivity contribution in [3.63, 3.8) is 0 Å². The molecule has 0 aliphatic carbocycles. The number of nitrogens with one attached hydrogen (secondary N) is 1. The average Bonchev–Trinajstić information content (AvgIpc) is 3.37. The molecular weight excluding hydrogens is 450 g/mol. The molecule has 0 saturated heterocycles. The molecule has 174 valence electrons. The lowest BCUT2D eigenvalue weighted by molar-refractivity contribution is 1.18. The lowest BCUT2D eigenvalue weighted by atomic mass is 9.97. The van der Waals surface area contributed by atoms with Gasteiger partial charge in [-0.2, -0.15) is 0 Å². The number of rotatable bonds is 4. The van der Waals surface area contributed by atoms with Gasteiger partial charge in [-0.05, 0) is 29.3 Å². The third kappa shape index (κ3) is 3.87. The van der Waals surface area contributed by atoms with Crippen LogP contribution in [-0.4, -0.2) is 15.0 Å². The number of aromatic amines is 1. The highest BCUT2D eigenvalue weighted by atomic mass is 14.9. The van der Waals surface area contributed by atoms with E-state index in [4.69, 9.17) is 9.97 Å². The van der Waals surface area contributed by atoms with Crippen LogP contribution in [0.25, 0.3) is 66.8 Å². The first-order chi connectivity index (χ1) is 18.3. The second kappa shape index (κ2) is 8.89. The first-order valence-electron chi connectivity index (χ1n) is 12.4. The monoisotopic (exact) mass is 473 g/mol. The molecule has 0 aliphatic rings. The van der Waals surface area contributed by atoms with Gasteiger partial charge in [-0.1, -0.05) is 115 Å². The van der Waals surface area contributed by atoms with Crippen molar-refractivity contribution < 1.29 is 0 Å². The van der Waals surface area contributed by atoms with Crippen molar-refractivity contribution in [1.82, 2.24) is 15.0 Å². The molecule has 3 nitrogen and oxygen atoms in total. The van der Waals surface area contributed by atoms with Gasteiger partial charge in [-0.25, -0.2) is 9.97 Å². The molecule has 0 bridgehead atoms. The number of benzene rings is 5. The molecule has 5 aromatic carbocycles. The van der Waals surface area contributed by atoms with Crippen LogP contribution in [0, 0.1) is 0 Å². The third-order valence-corrected chi connectivity index (χ3v) is 6.85. The van der Waals surface area contributed by atoms with E-state index in [0.717, 1.165) is 44.9 Å². The third-order valence-electron chi connectivity index (χ3n) is 6.85. The molecule has 0 saturated carbocycles. The predicted molar refractivity (Wildman–Crippen MR) is 153 cm³/mol. The molecule has 3 heteroatoms. The summed E-state index contributed by atoms with van der Waals surface area (Å²) in [5.41, 5.74) is 9.67. The maximum atomic E-state index is 4.97. The Morgan fingerprint density at radius 3 is 1.73 bits per heavy atom. The van der Waals surface area contributed by atoms with E-state index >= 15 is 0 Å². The van der Waals surface area contributed by atoms with Crippen molar-refractivity contribution in [2.75, 3.05) is 0 Å². The number of H-pyrrole nitrogens is 1. The van der Waals surface area contributed by atoms with Gasteiger partial charge in [0.1, 0.15) is 0 Å². The van der Waals surface area contributed by atoms with Gasteiger partial charge in [0.15, 0.2) is 5.82 Å². The number of hydrogen-bond donors (Lipinski definition) is 1. The molecule has 0 spiro atoms. The Kier molecular flexibility index (Phi) is 5.11. The summed E-state index contributed by atoms with van der Waals surface area (Å²) in [6, 6.07) is 46.2. The maximum absolute atomic E-state index is 4.97. The van der Waals surface area contributed by atoms with Crippen LogP contribution in [0.15, 0.2) is 133 Å². The smallest absolute Gasteiger partial charge is 0.160 e. The SMILES string of the molecule is c1ccc(-c2cc(-c3ccc(-c4cccc5[nH]c6ccccc6c45)cc3)nc(-c3ccccc3)n2)cc1. The van der Waals surface area contributed by atoms with Crippen molar-refractivity contribution in [2.24, 2.45) is 0 Å². The minimum absolute atomic E-state index is 0.726. The Bertz CT molecular complexity index is 1790. The number of para-hydroxylation sites is 1. The molecule has 1 N–H and O–H groups in total. The summed E-state index contributed by atoms with van der Waals surface area (Å²) in [5.74, 6) is 0.726. The molecule has 0 atom stereocenters. The summed E-state index contributed by atoms with van der Waals surface area (Å²) in [6.07, 6.45) is 0. The molecule has 0 aliphatic heterocycles. The van der Waals surface area contributed by atoms with Gasteiger partial charge >= 0.3 is 0 Å². The zero-order valence-electron chi connectivity index (χ0n) is 20.1. The highest BCUT2D eigenvalue weighted by Crippen LogP contribution is 2.35. The highest BCUT2D eigenvalue weighted by molar-refractivity contribution is 6.14. The van der Waals surface area contributed by atoms with Crippen molar-refractivity contribution in [1.29, 1.82) is 0 Å². The molecule has 7 rings (SSSR count). The van der Waals surface area contributed by atoms with E-state index in [9.17, 15) is 0 Å². The summed E-state index contributed by atoms with van der Waals surface area (Å²) >= 11 is 0. The first kappa shape index (κ1) is 21.3. The van der Waals surface area contributed by atoms with Crippen LogP contribution in [0.2, 0.25) is 0 Å². The van der Waals surface area contributed by atoms with Gasteiger partial charge in [-0.15, -0.1) is 0 Å². The Hall–Kier alpha value is -5.02. The lowest BCUT2D eigenvalue weighted by Crippen LogP contribution is -1.95. The lowest BCUT2D eigenvalue weighted by Gasteiger charge is -2.10. The number of nitrogens with zero attached hydrogens (tertiary/aromatic N) is 2. The molecule has 0 radical (unpaired) electrons. The molecule has 0 fully saturated rings. The van der Waals surface area contributed by atoms with Gasteiger partial charge in [0.05, 0.1) is 11.4 Å². The molecule has 2 aromatic heterocycles.